The molecular formula is C11H13ClN2O3. The standard InChI is InChI=1S/C11H13ClN2O3/c1-3-14(7-10(15)17-2)11(16)8-4-5-13-9(12)6-8/h4-6H,3,7H2,1-2H3. The molecule has 0 atom stereocenters. The first kappa shape index (κ1) is 13.4. The van der Waals surface area contributed by atoms with Crippen LogP contribution in [-0.4, -0.2) is 42.0 Å². The SMILES string of the molecule is CCN(CC(=O)OC)C(=O)c1ccnc(Cl)c1. The number of methoxy groups -OCH3 is 1. The largest absolute Gasteiger partial charge is 0.468 e. The number of likely N-dealkylation sites (N-methyl/N-ethyl adjacent to an activating group) is 1. The van der Waals surface area contributed by atoms with Gasteiger partial charge in [0.1, 0.15) is 11.7 Å². The van der Waals surface area contributed by atoms with Crippen LogP contribution in [-0.2, 0) is 9.53 Å². The molecule has 1 rings (SSSR count). The monoisotopic (exact) mass is 256 g/mol. The quantitative estimate of drug-likeness (QED) is 0.603. The molecule has 0 aliphatic carbocycles. The molecule has 1 aromatic rings. The Bertz CT molecular complexity index is 423. The number of aromatic nitrogens is 1. The van der Waals surface area contributed by atoms with Crippen LogP contribution in [0, 0.1) is 0 Å². The summed E-state index contributed by atoms with van der Waals surface area (Å²) in [6.07, 6.45) is 1.45. The minimum absolute atomic E-state index is 0.0776. The second-order valence-corrected chi connectivity index (χ2v) is 3.65. The number of nitrogens with zero attached hydrogens (tertiary/aromatic N) is 2. The number of halogens is 1. The van der Waals surface area contributed by atoms with Crippen LogP contribution in [0.2, 0.25) is 5.15 Å². The fraction of sp³-hybridized carbons (Fsp3) is 0.364. The maximum Gasteiger partial charge on any atom is 0.325 e. The molecule has 92 valence electrons. The van der Waals surface area contributed by atoms with Crippen LogP contribution in [0.4, 0.5) is 0 Å². The summed E-state index contributed by atoms with van der Waals surface area (Å²) in [5.74, 6) is -0.734. The van der Waals surface area contributed by atoms with Crippen LogP contribution >= 0.6 is 11.6 Å². The van der Waals surface area contributed by atoms with E-state index in [2.05, 4.69) is 9.72 Å². The number of ether oxygens (including phenoxy) is 1. The lowest BCUT2D eigenvalue weighted by Crippen LogP contribution is -2.36. The van der Waals surface area contributed by atoms with Gasteiger partial charge in [0, 0.05) is 18.3 Å². The summed E-state index contributed by atoms with van der Waals surface area (Å²) >= 11 is 5.70. The molecule has 0 aromatic carbocycles. The van der Waals surface area contributed by atoms with Crippen molar-refractivity contribution in [2.45, 2.75) is 6.92 Å². The van der Waals surface area contributed by atoms with Crippen molar-refractivity contribution in [3.05, 3.63) is 29.0 Å². The summed E-state index contributed by atoms with van der Waals surface area (Å²) in [6.45, 7) is 2.11. The number of hydrogen-bond donors (Lipinski definition) is 0. The molecule has 0 aliphatic heterocycles. The number of hydrogen-bond acceptors (Lipinski definition) is 4. The molecule has 0 aliphatic rings. The van der Waals surface area contributed by atoms with Crippen molar-refractivity contribution in [2.75, 3.05) is 20.2 Å². The van der Waals surface area contributed by atoms with Gasteiger partial charge in [0.2, 0.25) is 0 Å². The minimum atomic E-state index is -0.458. The van der Waals surface area contributed by atoms with Gasteiger partial charge in [-0.25, -0.2) is 4.98 Å². The molecule has 1 heterocycles. The number of amides is 1. The summed E-state index contributed by atoms with van der Waals surface area (Å²) in [4.78, 5) is 28.3. The van der Waals surface area contributed by atoms with E-state index in [4.69, 9.17) is 11.6 Å². The van der Waals surface area contributed by atoms with Gasteiger partial charge >= 0.3 is 5.97 Å². The second kappa shape index (κ2) is 6.20. The molecule has 0 unspecified atom stereocenters. The fourth-order valence-corrected chi connectivity index (χ4v) is 1.44. The van der Waals surface area contributed by atoms with Gasteiger partial charge in [0.25, 0.3) is 5.91 Å². The van der Waals surface area contributed by atoms with Crippen LogP contribution < -0.4 is 0 Å². The average molecular weight is 257 g/mol. The number of pyridine rings is 1. The third-order valence-corrected chi connectivity index (χ3v) is 2.40. The van der Waals surface area contributed by atoms with Gasteiger partial charge in [-0.05, 0) is 19.1 Å². The van der Waals surface area contributed by atoms with E-state index in [-0.39, 0.29) is 17.6 Å². The lowest BCUT2D eigenvalue weighted by molar-refractivity contribution is -0.141. The van der Waals surface area contributed by atoms with Gasteiger partial charge in [0.15, 0.2) is 0 Å². The van der Waals surface area contributed by atoms with Crippen LogP contribution in [0.5, 0.6) is 0 Å². The topological polar surface area (TPSA) is 59.5 Å². The van der Waals surface area contributed by atoms with Crippen molar-refractivity contribution >= 4 is 23.5 Å². The molecule has 0 bridgehead atoms. The number of carbonyl (C=O) groups excluding carboxylic acids is 2. The van der Waals surface area contributed by atoms with Crippen molar-refractivity contribution in [2.24, 2.45) is 0 Å². The smallest absolute Gasteiger partial charge is 0.325 e. The molecule has 0 saturated heterocycles. The minimum Gasteiger partial charge on any atom is -0.468 e. The summed E-state index contributed by atoms with van der Waals surface area (Å²) in [5, 5.41) is 0.241. The number of rotatable bonds is 4. The van der Waals surface area contributed by atoms with Crippen LogP contribution in [0.1, 0.15) is 17.3 Å². The van der Waals surface area contributed by atoms with Crippen molar-refractivity contribution in [1.29, 1.82) is 0 Å². The molecule has 0 radical (unpaired) electrons. The summed E-state index contributed by atoms with van der Waals surface area (Å²) in [6, 6.07) is 3.01. The third-order valence-electron chi connectivity index (χ3n) is 2.19. The molecule has 1 aromatic heterocycles. The molecule has 0 saturated carbocycles. The van der Waals surface area contributed by atoms with Crippen molar-refractivity contribution in [3.63, 3.8) is 0 Å². The lowest BCUT2D eigenvalue weighted by atomic mass is 10.2. The Morgan fingerprint density at radius 1 is 1.53 bits per heavy atom. The Hall–Kier alpha value is -1.62. The Morgan fingerprint density at radius 3 is 2.76 bits per heavy atom. The fourth-order valence-electron chi connectivity index (χ4n) is 1.27. The van der Waals surface area contributed by atoms with E-state index < -0.39 is 5.97 Å². The van der Waals surface area contributed by atoms with E-state index >= 15 is 0 Å². The summed E-state index contributed by atoms with van der Waals surface area (Å²) in [7, 11) is 1.28. The molecule has 0 spiro atoms. The molecule has 1 amide bonds. The van der Waals surface area contributed by atoms with E-state index in [0.29, 0.717) is 12.1 Å². The number of esters is 1. The maximum atomic E-state index is 12.0. The Balaban J connectivity index is 2.82. The highest BCUT2D eigenvalue weighted by Gasteiger charge is 2.17. The summed E-state index contributed by atoms with van der Waals surface area (Å²) in [5.41, 5.74) is 0.399. The average Bonchev–Trinajstić information content (AvgIpc) is 2.34. The van der Waals surface area contributed by atoms with Crippen LogP contribution in [0.3, 0.4) is 0 Å². The molecule has 17 heavy (non-hydrogen) atoms. The van der Waals surface area contributed by atoms with Gasteiger partial charge in [-0.1, -0.05) is 11.6 Å². The van der Waals surface area contributed by atoms with Gasteiger partial charge < -0.3 is 9.64 Å². The highest BCUT2D eigenvalue weighted by Crippen LogP contribution is 2.09. The number of carbonyl (C=O) groups is 2. The second-order valence-electron chi connectivity index (χ2n) is 3.26. The first-order chi connectivity index (χ1) is 8.08. The Morgan fingerprint density at radius 2 is 2.24 bits per heavy atom. The predicted octanol–water partition coefficient (Wildman–Crippen LogP) is 1.37. The van der Waals surface area contributed by atoms with Crippen molar-refractivity contribution < 1.29 is 14.3 Å². The van der Waals surface area contributed by atoms with Crippen LogP contribution in [0.15, 0.2) is 18.3 Å². The zero-order valence-corrected chi connectivity index (χ0v) is 10.4. The zero-order valence-electron chi connectivity index (χ0n) is 9.64. The van der Waals surface area contributed by atoms with E-state index in [1.165, 1.54) is 24.3 Å². The Kier molecular flexibility index (Phi) is 4.90. The lowest BCUT2D eigenvalue weighted by Gasteiger charge is -2.19. The normalized spacial score (nSPS) is 9.82. The molecular weight excluding hydrogens is 244 g/mol. The van der Waals surface area contributed by atoms with E-state index in [1.807, 2.05) is 0 Å². The third kappa shape index (κ3) is 3.71. The first-order valence-electron chi connectivity index (χ1n) is 5.06. The van der Waals surface area contributed by atoms with Crippen molar-refractivity contribution in [1.82, 2.24) is 9.88 Å². The molecule has 0 N–H and O–H groups in total. The zero-order chi connectivity index (χ0) is 12.8. The molecule has 6 heteroatoms. The van der Waals surface area contributed by atoms with Crippen LogP contribution in [0.25, 0.3) is 0 Å². The first-order valence-corrected chi connectivity index (χ1v) is 5.44. The van der Waals surface area contributed by atoms with Gasteiger partial charge in [-0.15, -0.1) is 0 Å². The molecule has 5 nitrogen and oxygen atoms in total. The predicted molar refractivity (Wildman–Crippen MR) is 62.8 cm³/mol. The van der Waals surface area contributed by atoms with E-state index in [9.17, 15) is 9.59 Å². The van der Waals surface area contributed by atoms with Gasteiger partial charge in [-0.2, -0.15) is 0 Å². The van der Waals surface area contributed by atoms with E-state index in [1.54, 1.807) is 13.0 Å². The Labute approximate surface area is 104 Å². The van der Waals surface area contributed by atoms with Gasteiger partial charge in [-0.3, -0.25) is 9.59 Å². The highest BCUT2D eigenvalue weighted by atomic mass is 35.5. The van der Waals surface area contributed by atoms with E-state index in [0.717, 1.165) is 0 Å². The summed E-state index contributed by atoms with van der Waals surface area (Å²) < 4.78 is 4.52. The highest BCUT2D eigenvalue weighted by molar-refractivity contribution is 6.29. The van der Waals surface area contributed by atoms with Crippen molar-refractivity contribution in [3.8, 4) is 0 Å². The van der Waals surface area contributed by atoms with Gasteiger partial charge in [0.05, 0.1) is 7.11 Å². The maximum absolute atomic E-state index is 12.0. The molecule has 0 fully saturated rings.